The van der Waals surface area contributed by atoms with Crippen LogP contribution in [0.2, 0.25) is 0 Å². The van der Waals surface area contributed by atoms with Crippen molar-refractivity contribution in [2.24, 2.45) is 11.7 Å². The quantitative estimate of drug-likeness (QED) is 0.634. The summed E-state index contributed by atoms with van der Waals surface area (Å²) in [4.78, 5) is 10.2. The number of halogens is 1. The Kier molecular flexibility index (Phi) is 3.95. The minimum absolute atomic E-state index is 0.116. The molecule has 0 saturated heterocycles. The molecule has 5 heteroatoms. The lowest BCUT2D eigenvalue weighted by molar-refractivity contribution is -0.385. The van der Waals surface area contributed by atoms with Crippen LogP contribution in [0.1, 0.15) is 31.9 Å². The lowest BCUT2D eigenvalue weighted by Crippen LogP contribution is -2.15. The number of nitro groups is 1. The van der Waals surface area contributed by atoms with Crippen molar-refractivity contribution >= 4 is 5.69 Å². The molecule has 0 aliphatic heterocycles. The van der Waals surface area contributed by atoms with E-state index in [1.54, 1.807) is 0 Å². The number of hydrogen-bond acceptors (Lipinski definition) is 3. The van der Waals surface area contributed by atoms with E-state index < -0.39 is 16.8 Å². The van der Waals surface area contributed by atoms with Crippen LogP contribution < -0.4 is 5.73 Å². The Balaban J connectivity index is 3.09. The molecule has 1 aromatic carbocycles. The van der Waals surface area contributed by atoms with Gasteiger partial charge in [0.15, 0.2) is 0 Å². The molecule has 0 unspecified atom stereocenters. The molecule has 0 fully saturated rings. The zero-order valence-electron chi connectivity index (χ0n) is 9.31. The highest BCUT2D eigenvalue weighted by atomic mass is 19.1. The van der Waals surface area contributed by atoms with E-state index in [1.165, 1.54) is 0 Å². The van der Waals surface area contributed by atoms with Gasteiger partial charge in [0.05, 0.1) is 4.92 Å². The third-order valence-corrected chi connectivity index (χ3v) is 2.31. The van der Waals surface area contributed by atoms with Gasteiger partial charge in [0.25, 0.3) is 5.69 Å². The molecular formula is C11H15FN2O2. The maximum Gasteiger partial charge on any atom is 0.274 e. The summed E-state index contributed by atoms with van der Waals surface area (Å²) in [6, 6.07) is 2.87. The Morgan fingerprint density at radius 1 is 1.50 bits per heavy atom. The van der Waals surface area contributed by atoms with Crippen molar-refractivity contribution in [3.05, 3.63) is 39.7 Å². The molecular weight excluding hydrogens is 211 g/mol. The first-order valence-electron chi connectivity index (χ1n) is 5.11. The molecule has 4 nitrogen and oxygen atoms in total. The van der Waals surface area contributed by atoms with Gasteiger partial charge in [-0.3, -0.25) is 10.1 Å². The Hall–Kier alpha value is -1.49. The third kappa shape index (κ3) is 3.00. The number of rotatable bonds is 4. The van der Waals surface area contributed by atoms with Gasteiger partial charge in [-0.15, -0.1) is 0 Å². The summed E-state index contributed by atoms with van der Waals surface area (Å²) in [7, 11) is 0. The Labute approximate surface area is 93.4 Å². The van der Waals surface area contributed by atoms with Crippen molar-refractivity contribution < 1.29 is 9.31 Å². The van der Waals surface area contributed by atoms with Crippen LogP contribution in [-0.2, 0) is 0 Å². The van der Waals surface area contributed by atoms with E-state index in [9.17, 15) is 14.5 Å². The largest absolute Gasteiger partial charge is 0.324 e. The van der Waals surface area contributed by atoms with Gasteiger partial charge >= 0.3 is 0 Å². The van der Waals surface area contributed by atoms with Crippen molar-refractivity contribution in [1.82, 2.24) is 0 Å². The maximum atomic E-state index is 13.0. The lowest BCUT2D eigenvalue weighted by Gasteiger charge is -2.14. The second-order valence-corrected chi connectivity index (χ2v) is 4.20. The molecule has 0 aromatic heterocycles. The molecule has 0 heterocycles. The van der Waals surface area contributed by atoms with Crippen LogP contribution in [-0.4, -0.2) is 4.92 Å². The lowest BCUT2D eigenvalue weighted by atomic mass is 9.96. The van der Waals surface area contributed by atoms with Gasteiger partial charge in [0.2, 0.25) is 0 Å². The minimum atomic E-state index is -0.533. The fourth-order valence-electron chi connectivity index (χ4n) is 1.62. The van der Waals surface area contributed by atoms with E-state index in [2.05, 4.69) is 0 Å². The molecule has 88 valence electrons. The van der Waals surface area contributed by atoms with E-state index in [0.29, 0.717) is 12.3 Å². The average Bonchev–Trinajstić information content (AvgIpc) is 2.15. The molecule has 1 atom stereocenters. The predicted molar refractivity (Wildman–Crippen MR) is 59.4 cm³/mol. The molecule has 1 rings (SSSR count). The summed E-state index contributed by atoms with van der Waals surface area (Å²) in [5.74, 6) is -0.197. The highest BCUT2D eigenvalue weighted by Gasteiger charge is 2.20. The van der Waals surface area contributed by atoms with E-state index in [0.717, 1.165) is 18.2 Å². The molecule has 2 N–H and O–H groups in total. The summed E-state index contributed by atoms with van der Waals surface area (Å²) >= 11 is 0. The Morgan fingerprint density at radius 3 is 2.62 bits per heavy atom. The molecule has 0 aliphatic carbocycles. The normalized spacial score (nSPS) is 12.8. The van der Waals surface area contributed by atoms with E-state index in [4.69, 9.17) is 5.73 Å². The Morgan fingerprint density at radius 2 is 2.12 bits per heavy atom. The first kappa shape index (κ1) is 12.6. The van der Waals surface area contributed by atoms with Crippen LogP contribution in [0.15, 0.2) is 18.2 Å². The summed E-state index contributed by atoms with van der Waals surface area (Å²) < 4.78 is 13.0. The summed E-state index contributed by atoms with van der Waals surface area (Å²) in [5, 5.41) is 10.8. The van der Waals surface area contributed by atoms with Crippen molar-refractivity contribution in [3.8, 4) is 0 Å². The molecule has 16 heavy (non-hydrogen) atoms. The number of nitro benzene ring substituents is 1. The SMILES string of the molecule is CC(C)C[C@@H](N)c1cc(F)ccc1[N+](=O)[O-]. The van der Waals surface area contributed by atoms with Gasteiger partial charge in [-0.05, 0) is 24.5 Å². The number of nitrogens with two attached hydrogens (primary N) is 1. The van der Waals surface area contributed by atoms with Crippen LogP contribution in [0.5, 0.6) is 0 Å². The van der Waals surface area contributed by atoms with Gasteiger partial charge < -0.3 is 5.73 Å². The second-order valence-electron chi connectivity index (χ2n) is 4.20. The second kappa shape index (κ2) is 5.03. The first-order chi connectivity index (χ1) is 7.41. The monoisotopic (exact) mass is 226 g/mol. The van der Waals surface area contributed by atoms with Crippen molar-refractivity contribution in [1.29, 1.82) is 0 Å². The van der Waals surface area contributed by atoms with Crippen molar-refractivity contribution in [3.63, 3.8) is 0 Å². The Bertz CT molecular complexity index is 394. The molecule has 0 saturated carbocycles. The number of hydrogen-bond donors (Lipinski definition) is 1. The van der Waals surface area contributed by atoms with Crippen LogP contribution >= 0.6 is 0 Å². The highest BCUT2D eigenvalue weighted by molar-refractivity contribution is 5.42. The fourth-order valence-corrected chi connectivity index (χ4v) is 1.62. The van der Waals surface area contributed by atoms with Crippen LogP contribution in [0.4, 0.5) is 10.1 Å². The maximum absolute atomic E-state index is 13.0. The van der Waals surface area contributed by atoms with Gasteiger partial charge in [-0.2, -0.15) is 0 Å². The number of benzene rings is 1. The van der Waals surface area contributed by atoms with Gasteiger partial charge in [0.1, 0.15) is 5.82 Å². The standard InChI is InChI=1S/C11H15FN2O2/c1-7(2)5-10(13)9-6-8(12)3-4-11(9)14(15)16/h3-4,6-7,10H,5,13H2,1-2H3/t10-/m1/s1. The zero-order valence-corrected chi connectivity index (χ0v) is 9.31. The van der Waals surface area contributed by atoms with Crippen LogP contribution in [0.25, 0.3) is 0 Å². The minimum Gasteiger partial charge on any atom is -0.324 e. The smallest absolute Gasteiger partial charge is 0.274 e. The highest BCUT2D eigenvalue weighted by Crippen LogP contribution is 2.28. The fraction of sp³-hybridized carbons (Fsp3) is 0.455. The van der Waals surface area contributed by atoms with Crippen LogP contribution in [0.3, 0.4) is 0 Å². The predicted octanol–water partition coefficient (Wildman–Crippen LogP) is 2.78. The molecule has 1 aromatic rings. The topological polar surface area (TPSA) is 69.2 Å². The average molecular weight is 226 g/mol. The van der Waals surface area contributed by atoms with Gasteiger partial charge in [0, 0.05) is 17.7 Å². The number of nitrogens with zero attached hydrogens (tertiary/aromatic N) is 1. The van der Waals surface area contributed by atoms with Gasteiger partial charge in [-0.25, -0.2) is 4.39 Å². The zero-order chi connectivity index (χ0) is 12.3. The summed E-state index contributed by atoms with van der Waals surface area (Å²) in [6.45, 7) is 3.93. The van der Waals surface area contributed by atoms with E-state index in [-0.39, 0.29) is 11.3 Å². The molecule has 0 bridgehead atoms. The first-order valence-corrected chi connectivity index (χ1v) is 5.11. The molecule has 0 spiro atoms. The summed E-state index contributed by atoms with van der Waals surface area (Å²) in [5.41, 5.74) is 5.98. The van der Waals surface area contributed by atoms with Crippen molar-refractivity contribution in [2.75, 3.05) is 0 Å². The molecule has 0 aliphatic rings. The van der Waals surface area contributed by atoms with Crippen LogP contribution in [0, 0.1) is 21.8 Å². The van der Waals surface area contributed by atoms with E-state index >= 15 is 0 Å². The van der Waals surface area contributed by atoms with E-state index in [1.807, 2.05) is 13.8 Å². The third-order valence-electron chi connectivity index (χ3n) is 2.31. The summed E-state index contributed by atoms with van der Waals surface area (Å²) in [6.07, 6.45) is 0.588. The van der Waals surface area contributed by atoms with Gasteiger partial charge in [-0.1, -0.05) is 13.8 Å². The molecule has 0 amide bonds. The van der Waals surface area contributed by atoms with Crippen molar-refractivity contribution in [2.45, 2.75) is 26.3 Å². The molecule has 0 radical (unpaired) electrons.